The van der Waals surface area contributed by atoms with Gasteiger partial charge in [-0.25, -0.2) is 4.98 Å². The molecule has 0 radical (unpaired) electrons. The van der Waals surface area contributed by atoms with Crippen LogP contribution in [0.5, 0.6) is 0 Å². The van der Waals surface area contributed by atoms with Gasteiger partial charge in [0.1, 0.15) is 10.8 Å². The zero-order chi connectivity index (χ0) is 14.1. The number of β-amino-alcohol motifs (C(OH)–C–C–N with tert-alkyl or cyclic N) is 1. The fourth-order valence-corrected chi connectivity index (χ4v) is 2.83. The fourth-order valence-electron chi connectivity index (χ4n) is 2.57. The van der Waals surface area contributed by atoms with E-state index in [2.05, 4.69) is 4.98 Å². The number of fused-ring (bicyclic) bond motifs is 1. The number of aromatic nitrogens is 1. The van der Waals surface area contributed by atoms with Crippen LogP contribution in [-0.2, 0) is 0 Å². The van der Waals surface area contributed by atoms with Crippen molar-refractivity contribution in [2.75, 3.05) is 13.1 Å². The lowest BCUT2D eigenvalue weighted by Gasteiger charge is -2.29. The van der Waals surface area contributed by atoms with Crippen LogP contribution in [0.4, 0.5) is 0 Å². The summed E-state index contributed by atoms with van der Waals surface area (Å²) in [5, 5.41) is 11.7. The highest BCUT2D eigenvalue weighted by molar-refractivity contribution is 6.34. The number of piperidine rings is 1. The van der Waals surface area contributed by atoms with Crippen LogP contribution < -0.4 is 0 Å². The lowest BCUT2D eigenvalue weighted by molar-refractivity contribution is 0.0469. The van der Waals surface area contributed by atoms with Crippen LogP contribution in [0.25, 0.3) is 10.8 Å². The molecule has 1 N–H and O–H groups in total. The maximum Gasteiger partial charge on any atom is 0.272 e. The molecule has 2 aromatic rings. The molecule has 1 aromatic carbocycles. The summed E-state index contributed by atoms with van der Waals surface area (Å²) < 4.78 is 0. The molecule has 3 rings (SSSR count). The first-order valence-corrected chi connectivity index (χ1v) is 7.05. The number of benzene rings is 1. The Balaban J connectivity index is 1.95. The van der Waals surface area contributed by atoms with Crippen molar-refractivity contribution in [2.45, 2.75) is 18.9 Å². The summed E-state index contributed by atoms with van der Waals surface area (Å²) in [4.78, 5) is 18.3. The number of aliphatic hydroxyl groups is 1. The molecule has 1 amide bonds. The second-order valence-corrected chi connectivity index (χ2v) is 5.42. The predicted octanol–water partition coefficient (Wildman–Crippen LogP) is 2.49. The van der Waals surface area contributed by atoms with E-state index >= 15 is 0 Å². The van der Waals surface area contributed by atoms with Crippen molar-refractivity contribution in [1.29, 1.82) is 0 Å². The molecule has 0 aliphatic carbocycles. The number of amides is 1. The van der Waals surface area contributed by atoms with Crippen LogP contribution in [-0.4, -0.2) is 40.1 Å². The Morgan fingerprint density at radius 2 is 2.20 bits per heavy atom. The zero-order valence-corrected chi connectivity index (χ0v) is 11.7. The van der Waals surface area contributed by atoms with Crippen molar-refractivity contribution < 1.29 is 9.90 Å². The van der Waals surface area contributed by atoms with E-state index in [-0.39, 0.29) is 5.91 Å². The van der Waals surface area contributed by atoms with Crippen molar-refractivity contribution in [3.8, 4) is 0 Å². The molecule has 0 spiro atoms. The van der Waals surface area contributed by atoms with E-state index in [4.69, 9.17) is 11.6 Å². The molecular weight excluding hydrogens is 276 g/mol. The molecular formula is C15H15ClN2O2. The number of carbonyl (C=O) groups is 1. The van der Waals surface area contributed by atoms with E-state index in [9.17, 15) is 9.90 Å². The van der Waals surface area contributed by atoms with E-state index in [1.165, 1.54) is 0 Å². The fraction of sp³-hybridized carbons (Fsp3) is 0.333. The van der Waals surface area contributed by atoms with Gasteiger partial charge in [0.05, 0.1) is 6.10 Å². The normalized spacial score (nSPS) is 19.3. The summed E-state index contributed by atoms with van der Waals surface area (Å²) in [6.45, 7) is 1.02. The highest BCUT2D eigenvalue weighted by Crippen LogP contribution is 2.23. The molecule has 1 aliphatic rings. The first-order chi connectivity index (χ1) is 9.65. The van der Waals surface area contributed by atoms with Crippen molar-refractivity contribution >= 4 is 28.3 Å². The largest absolute Gasteiger partial charge is 0.391 e. The number of nitrogens with zero attached hydrogens (tertiary/aromatic N) is 2. The molecule has 1 atom stereocenters. The maximum atomic E-state index is 12.4. The smallest absolute Gasteiger partial charge is 0.272 e. The number of carbonyl (C=O) groups excluding carboxylic acids is 1. The number of halogens is 1. The topological polar surface area (TPSA) is 53.4 Å². The van der Waals surface area contributed by atoms with Crippen molar-refractivity contribution in [2.24, 2.45) is 0 Å². The average molecular weight is 291 g/mol. The molecule has 4 nitrogen and oxygen atoms in total. The summed E-state index contributed by atoms with van der Waals surface area (Å²) in [6.07, 6.45) is 1.12. The molecule has 0 bridgehead atoms. The Morgan fingerprint density at radius 3 is 3.00 bits per heavy atom. The van der Waals surface area contributed by atoms with Crippen molar-refractivity contribution in [1.82, 2.24) is 9.88 Å². The lowest BCUT2D eigenvalue weighted by atomic mass is 10.1. The molecule has 104 valence electrons. The minimum absolute atomic E-state index is 0.170. The second kappa shape index (κ2) is 5.38. The Kier molecular flexibility index (Phi) is 3.59. The maximum absolute atomic E-state index is 12.4. The molecule has 0 unspecified atom stereocenters. The quantitative estimate of drug-likeness (QED) is 0.821. The molecule has 1 aromatic heterocycles. The van der Waals surface area contributed by atoms with Gasteiger partial charge >= 0.3 is 0 Å². The molecule has 0 saturated carbocycles. The van der Waals surface area contributed by atoms with Gasteiger partial charge in [-0.15, -0.1) is 0 Å². The molecule has 1 saturated heterocycles. The van der Waals surface area contributed by atoms with Gasteiger partial charge < -0.3 is 10.0 Å². The van der Waals surface area contributed by atoms with Gasteiger partial charge in [-0.3, -0.25) is 4.79 Å². The van der Waals surface area contributed by atoms with Crippen LogP contribution in [0.3, 0.4) is 0 Å². The second-order valence-electron chi connectivity index (χ2n) is 5.07. The molecule has 5 heteroatoms. The number of hydrogen-bond donors (Lipinski definition) is 1. The Labute approximate surface area is 122 Å². The highest BCUT2D eigenvalue weighted by Gasteiger charge is 2.24. The monoisotopic (exact) mass is 290 g/mol. The number of hydrogen-bond acceptors (Lipinski definition) is 3. The summed E-state index contributed by atoms with van der Waals surface area (Å²) in [5.74, 6) is -0.170. The predicted molar refractivity (Wildman–Crippen MR) is 77.9 cm³/mol. The first kappa shape index (κ1) is 13.3. The third-order valence-electron chi connectivity index (χ3n) is 3.60. The molecule has 1 aliphatic heterocycles. The summed E-state index contributed by atoms with van der Waals surface area (Å²) in [6, 6.07) is 9.33. The summed E-state index contributed by atoms with van der Waals surface area (Å²) in [5.41, 5.74) is 0.336. The number of aliphatic hydroxyl groups excluding tert-OH is 1. The average Bonchev–Trinajstić information content (AvgIpc) is 2.46. The van der Waals surface area contributed by atoms with Crippen molar-refractivity contribution in [3.63, 3.8) is 0 Å². The Bertz CT molecular complexity index is 659. The van der Waals surface area contributed by atoms with Crippen LogP contribution in [0, 0.1) is 0 Å². The van der Waals surface area contributed by atoms with Gasteiger partial charge in [-0.05, 0) is 24.3 Å². The van der Waals surface area contributed by atoms with Gasteiger partial charge in [-0.2, -0.15) is 0 Å². The van der Waals surface area contributed by atoms with E-state index in [1.807, 2.05) is 24.3 Å². The third-order valence-corrected chi connectivity index (χ3v) is 3.88. The third kappa shape index (κ3) is 2.49. The van der Waals surface area contributed by atoms with Crippen molar-refractivity contribution in [3.05, 3.63) is 41.2 Å². The van der Waals surface area contributed by atoms with Crippen LogP contribution in [0.1, 0.15) is 23.3 Å². The van der Waals surface area contributed by atoms with E-state index < -0.39 is 6.10 Å². The summed E-state index contributed by atoms with van der Waals surface area (Å²) >= 11 is 6.14. The minimum atomic E-state index is -0.441. The van der Waals surface area contributed by atoms with Crippen LogP contribution >= 0.6 is 11.6 Å². The first-order valence-electron chi connectivity index (χ1n) is 6.68. The molecule has 2 heterocycles. The SMILES string of the molecule is O=C(c1cc2ccccc2c(Cl)n1)N1CCC[C@H](O)C1. The Hall–Kier alpha value is -1.65. The van der Waals surface area contributed by atoms with Gasteiger partial charge in [0.2, 0.25) is 0 Å². The van der Waals surface area contributed by atoms with Crippen LogP contribution in [0.2, 0.25) is 5.15 Å². The minimum Gasteiger partial charge on any atom is -0.391 e. The van der Waals surface area contributed by atoms with Gasteiger partial charge in [-0.1, -0.05) is 35.9 Å². The van der Waals surface area contributed by atoms with Gasteiger partial charge in [0, 0.05) is 18.5 Å². The number of rotatable bonds is 1. The number of likely N-dealkylation sites (tertiary alicyclic amines) is 1. The van der Waals surface area contributed by atoms with Gasteiger partial charge in [0.25, 0.3) is 5.91 Å². The van der Waals surface area contributed by atoms with E-state index in [1.54, 1.807) is 11.0 Å². The highest BCUT2D eigenvalue weighted by atomic mass is 35.5. The Morgan fingerprint density at radius 1 is 1.40 bits per heavy atom. The van der Waals surface area contributed by atoms with Gasteiger partial charge in [0.15, 0.2) is 0 Å². The lowest BCUT2D eigenvalue weighted by Crippen LogP contribution is -2.42. The van der Waals surface area contributed by atoms with E-state index in [0.29, 0.717) is 23.9 Å². The zero-order valence-electron chi connectivity index (χ0n) is 10.9. The van der Waals surface area contributed by atoms with Crippen LogP contribution in [0.15, 0.2) is 30.3 Å². The van der Waals surface area contributed by atoms with E-state index in [0.717, 1.165) is 23.6 Å². The molecule has 20 heavy (non-hydrogen) atoms. The molecule has 1 fully saturated rings. The number of pyridine rings is 1. The summed E-state index contributed by atoms with van der Waals surface area (Å²) in [7, 11) is 0. The standard InChI is InChI=1S/C15H15ClN2O2/c16-14-12-6-2-1-4-10(12)8-13(17-14)15(20)18-7-3-5-11(19)9-18/h1-2,4,6,8,11,19H,3,5,7,9H2/t11-/m0/s1.